The standard InChI is InChI=1S/C28H26ClN3O6S2/c1-20-2-14-27(15-3-20)40(36,37)32(18-21-4-6-22(29)7-5-21)24-10-12-25(13-11-24)38-19-28(33)31-23-8-16-26(17-9-23)39(30,34)35/h2-17H,18-19H2,1H3,(H,31,33)(H2,30,34,35). The molecule has 0 saturated carbocycles. The maximum Gasteiger partial charge on any atom is 0.264 e. The molecule has 0 aliphatic heterocycles. The fourth-order valence-electron chi connectivity index (χ4n) is 3.69. The first-order valence-corrected chi connectivity index (χ1v) is 15.3. The second kappa shape index (κ2) is 12.1. The van der Waals surface area contributed by atoms with Gasteiger partial charge in [0.25, 0.3) is 15.9 Å². The number of hydrogen-bond acceptors (Lipinski definition) is 6. The van der Waals surface area contributed by atoms with Crippen molar-refractivity contribution in [2.24, 2.45) is 5.14 Å². The van der Waals surface area contributed by atoms with Gasteiger partial charge in [0.2, 0.25) is 10.0 Å². The highest BCUT2D eigenvalue weighted by Gasteiger charge is 2.25. The summed E-state index contributed by atoms with van der Waals surface area (Å²) in [6, 6.07) is 25.3. The third kappa shape index (κ3) is 7.39. The highest BCUT2D eigenvalue weighted by atomic mass is 35.5. The molecular formula is C28H26ClN3O6S2. The zero-order valence-corrected chi connectivity index (χ0v) is 23.7. The summed E-state index contributed by atoms with van der Waals surface area (Å²) in [5.41, 5.74) is 2.46. The number of anilines is 2. The number of carbonyl (C=O) groups excluding carboxylic acids is 1. The number of benzene rings is 4. The fourth-order valence-corrected chi connectivity index (χ4v) is 5.78. The predicted octanol–water partition coefficient (Wildman–Crippen LogP) is 4.71. The molecule has 3 N–H and O–H groups in total. The van der Waals surface area contributed by atoms with E-state index in [0.717, 1.165) is 11.1 Å². The van der Waals surface area contributed by atoms with Gasteiger partial charge in [0.15, 0.2) is 6.61 Å². The lowest BCUT2D eigenvalue weighted by molar-refractivity contribution is -0.118. The fraction of sp³-hybridized carbons (Fsp3) is 0.107. The number of primary sulfonamides is 1. The number of amides is 1. The van der Waals surface area contributed by atoms with Crippen LogP contribution in [0.25, 0.3) is 0 Å². The van der Waals surface area contributed by atoms with Gasteiger partial charge in [0, 0.05) is 10.7 Å². The van der Waals surface area contributed by atoms with Crippen LogP contribution < -0.4 is 19.5 Å². The smallest absolute Gasteiger partial charge is 0.264 e. The van der Waals surface area contributed by atoms with E-state index in [1.165, 1.54) is 28.6 Å². The highest BCUT2D eigenvalue weighted by molar-refractivity contribution is 7.92. The molecule has 0 fully saturated rings. The molecule has 0 aliphatic carbocycles. The zero-order chi connectivity index (χ0) is 28.9. The van der Waals surface area contributed by atoms with Gasteiger partial charge < -0.3 is 10.1 Å². The van der Waals surface area contributed by atoms with Crippen LogP contribution >= 0.6 is 11.6 Å². The van der Waals surface area contributed by atoms with Crippen molar-refractivity contribution in [1.29, 1.82) is 0 Å². The molecule has 208 valence electrons. The zero-order valence-electron chi connectivity index (χ0n) is 21.3. The number of nitrogens with two attached hydrogens (primary N) is 1. The van der Waals surface area contributed by atoms with Gasteiger partial charge in [-0.25, -0.2) is 22.0 Å². The SMILES string of the molecule is Cc1ccc(S(=O)(=O)N(Cc2ccc(Cl)cc2)c2ccc(OCC(=O)Nc3ccc(S(N)(=O)=O)cc3)cc2)cc1. The maximum absolute atomic E-state index is 13.6. The lowest BCUT2D eigenvalue weighted by atomic mass is 10.2. The molecule has 4 aromatic rings. The maximum atomic E-state index is 13.6. The Morgan fingerprint density at radius 3 is 1.98 bits per heavy atom. The minimum Gasteiger partial charge on any atom is -0.484 e. The summed E-state index contributed by atoms with van der Waals surface area (Å²) < 4.78 is 56.9. The van der Waals surface area contributed by atoms with Crippen LogP contribution in [0.1, 0.15) is 11.1 Å². The predicted molar refractivity (Wildman–Crippen MR) is 154 cm³/mol. The molecule has 1 amide bonds. The molecule has 0 radical (unpaired) electrons. The van der Waals surface area contributed by atoms with Crippen molar-refractivity contribution in [3.8, 4) is 5.75 Å². The van der Waals surface area contributed by atoms with Crippen LogP contribution in [0.2, 0.25) is 5.02 Å². The van der Waals surface area contributed by atoms with Gasteiger partial charge in [0.1, 0.15) is 5.75 Å². The Hall–Kier alpha value is -3.90. The Morgan fingerprint density at radius 2 is 1.40 bits per heavy atom. The molecule has 12 heteroatoms. The number of carbonyl (C=O) groups is 1. The molecule has 0 bridgehead atoms. The van der Waals surface area contributed by atoms with Crippen LogP contribution in [0.4, 0.5) is 11.4 Å². The number of sulfonamides is 2. The van der Waals surface area contributed by atoms with Gasteiger partial charge in [-0.05, 0) is 85.3 Å². The number of nitrogens with zero attached hydrogens (tertiary/aromatic N) is 1. The molecule has 4 rings (SSSR count). The van der Waals surface area contributed by atoms with Gasteiger partial charge in [0.05, 0.1) is 22.0 Å². The third-order valence-electron chi connectivity index (χ3n) is 5.81. The van der Waals surface area contributed by atoms with Crippen LogP contribution in [-0.2, 0) is 31.4 Å². The van der Waals surface area contributed by atoms with Crippen LogP contribution in [0.3, 0.4) is 0 Å². The van der Waals surface area contributed by atoms with E-state index >= 15 is 0 Å². The minimum atomic E-state index is -3.91. The Balaban J connectivity index is 1.48. The molecule has 0 heterocycles. The quantitative estimate of drug-likeness (QED) is 0.271. The van der Waals surface area contributed by atoms with E-state index in [1.54, 1.807) is 72.8 Å². The Morgan fingerprint density at radius 1 is 0.825 bits per heavy atom. The number of ether oxygens (including phenoxy) is 1. The highest BCUT2D eigenvalue weighted by Crippen LogP contribution is 2.28. The first-order valence-electron chi connectivity index (χ1n) is 11.9. The molecule has 4 aromatic carbocycles. The van der Waals surface area contributed by atoms with E-state index in [0.29, 0.717) is 22.1 Å². The van der Waals surface area contributed by atoms with Crippen molar-refractivity contribution in [2.75, 3.05) is 16.2 Å². The van der Waals surface area contributed by atoms with Crippen molar-refractivity contribution in [3.63, 3.8) is 0 Å². The van der Waals surface area contributed by atoms with Crippen LogP contribution in [0.5, 0.6) is 5.75 Å². The van der Waals surface area contributed by atoms with Crippen LogP contribution in [-0.4, -0.2) is 29.3 Å². The third-order valence-corrected chi connectivity index (χ3v) is 8.78. The first kappa shape index (κ1) is 29.1. The lowest BCUT2D eigenvalue weighted by Crippen LogP contribution is -2.30. The monoisotopic (exact) mass is 599 g/mol. The molecule has 40 heavy (non-hydrogen) atoms. The van der Waals surface area contributed by atoms with E-state index in [4.69, 9.17) is 21.5 Å². The van der Waals surface area contributed by atoms with E-state index in [-0.39, 0.29) is 22.9 Å². The Bertz CT molecular complexity index is 1690. The molecule has 9 nitrogen and oxygen atoms in total. The summed E-state index contributed by atoms with van der Waals surface area (Å²) in [6.07, 6.45) is 0. The molecule has 0 spiro atoms. The van der Waals surface area contributed by atoms with E-state index in [9.17, 15) is 21.6 Å². The molecular weight excluding hydrogens is 574 g/mol. The summed E-state index contributed by atoms with van der Waals surface area (Å²) in [6.45, 7) is 1.62. The van der Waals surface area contributed by atoms with Crippen LogP contribution in [0, 0.1) is 6.92 Å². The van der Waals surface area contributed by atoms with E-state index in [1.807, 2.05) is 6.92 Å². The van der Waals surface area contributed by atoms with Gasteiger partial charge in [-0.3, -0.25) is 9.10 Å². The topological polar surface area (TPSA) is 136 Å². The average molecular weight is 600 g/mol. The van der Waals surface area contributed by atoms with Crippen molar-refractivity contribution < 1.29 is 26.4 Å². The molecule has 0 aromatic heterocycles. The van der Waals surface area contributed by atoms with Crippen molar-refractivity contribution >= 4 is 48.9 Å². The minimum absolute atomic E-state index is 0.0697. The van der Waals surface area contributed by atoms with Crippen molar-refractivity contribution in [3.05, 3.63) is 113 Å². The average Bonchev–Trinajstić information content (AvgIpc) is 2.92. The Labute approximate surface area is 238 Å². The number of halogens is 1. The summed E-state index contributed by atoms with van der Waals surface area (Å²) in [5, 5.41) is 8.22. The molecule has 0 aliphatic rings. The van der Waals surface area contributed by atoms with E-state index < -0.39 is 26.0 Å². The number of nitrogens with one attached hydrogen (secondary N) is 1. The molecule has 0 unspecified atom stereocenters. The molecule has 0 saturated heterocycles. The van der Waals surface area contributed by atoms with Gasteiger partial charge in [-0.2, -0.15) is 0 Å². The van der Waals surface area contributed by atoms with Crippen LogP contribution in [0.15, 0.2) is 107 Å². The van der Waals surface area contributed by atoms with Crippen molar-refractivity contribution in [1.82, 2.24) is 0 Å². The molecule has 0 atom stereocenters. The van der Waals surface area contributed by atoms with Gasteiger partial charge in [-0.1, -0.05) is 41.4 Å². The number of rotatable bonds is 10. The Kier molecular flexibility index (Phi) is 8.79. The first-order chi connectivity index (χ1) is 18.9. The number of hydrogen-bond donors (Lipinski definition) is 2. The largest absolute Gasteiger partial charge is 0.484 e. The van der Waals surface area contributed by atoms with Gasteiger partial charge >= 0.3 is 0 Å². The van der Waals surface area contributed by atoms with Gasteiger partial charge in [-0.15, -0.1) is 0 Å². The lowest BCUT2D eigenvalue weighted by Gasteiger charge is -2.25. The normalized spacial score (nSPS) is 11.6. The summed E-state index contributed by atoms with van der Waals surface area (Å²) in [7, 11) is -7.75. The second-order valence-electron chi connectivity index (χ2n) is 8.85. The van der Waals surface area contributed by atoms with E-state index in [2.05, 4.69) is 5.32 Å². The van der Waals surface area contributed by atoms with Crippen molar-refractivity contribution in [2.45, 2.75) is 23.3 Å². The number of aryl methyl sites for hydroxylation is 1. The second-order valence-corrected chi connectivity index (χ2v) is 12.7. The summed E-state index contributed by atoms with van der Waals surface area (Å²) >= 11 is 6.00. The summed E-state index contributed by atoms with van der Waals surface area (Å²) in [5.74, 6) is -0.124. The summed E-state index contributed by atoms with van der Waals surface area (Å²) in [4.78, 5) is 12.4.